The van der Waals surface area contributed by atoms with Gasteiger partial charge in [-0.2, -0.15) is 0 Å². The molecule has 1 fully saturated rings. The van der Waals surface area contributed by atoms with Gasteiger partial charge in [-0.1, -0.05) is 6.92 Å². The van der Waals surface area contributed by atoms with Crippen LogP contribution in [0, 0.1) is 5.92 Å². The number of rotatable bonds is 5. The molecular formula is C14H23NO5. The highest BCUT2D eigenvalue weighted by molar-refractivity contribution is 6.08. The van der Waals surface area contributed by atoms with Crippen molar-refractivity contribution in [2.24, 2.45) is 5.92 Å². The molecule has 6 heteroatoms. The van der Waals surface area contributed by atoms with Crippen molar-refractivity contribution < 1.29 is 23.9 Å². The van der Waals surface area contributed by atoms with Gasteiger partial charge in [0, 0.05) is 19.4 Å². The van der Waals surface area contributed by atoms with Crippen LogP contribution in [0.4, 0.5) is 0 Å². The van der Waals surface area contributed by atoms with Gasteiger partial charge in [0.2, 0.25) is 11.4 Å². The van der Waals surface area contributed by atoms with Crippen molar-refractivity contribution in [1.29, 1.82) is 0 Å². The van der Waals surface area contributed by atoms with E-state index < -0.39 is 17.5 Å². The van der Waals surface area contributed by atoms with Crippen molar-refractivity contribution in [2.45, 2.75) is 46.1 Å². The zero-order chi connectivity index (χ0) is 15.3. The molecule has 0 aromatic rings. The van der Waals surface area contributed by atoms with E-state index in [2.05, 4.69) is 0 Å². The smallest absolute Gasteiger partial charge is 0.344 e. The molecule has 1 aliphatic heterocycles. The molecule has 0 saturated carbocycles. The lowest BCUT2D eigenvalue weighted by atomic mass is 9.82. The number of esters is 2. The van der Waals surface area contributed by atoms with Crippen molar-refractivity contribution in [3.05, 3.63) is 0 Å². The van der Waals surface area contributed by atoms with Crippen molar-refractivity contribution >= 4 is 17.8 Å². The summed E-state index contributed by atoms with van der Waals surface area (Å²) in [6.45, 7) is 7.26. The average molecular weight is 285 g/mol. The van der Waals surface area contributed by atoms with Crippen LogP contribution in [-0.2, 0) is 23.9 Å². The number of nitrogens with zero attached hydrogens (tertiary/aromatic N) is 1. The van der Waals surface area contributed by atoms with Gasteiger partial charge < -0.3 is 14.4 Å². The summed E-state index contributed by atoms with van der Waals surface area (Å²) in [7, 11) is 0. The summed E-state index contributed by atoms with van der Waals surface area (Å²) in [6.07, 6.45) is 1.19. The van der Waals surface area contributed by atoms with Gasteiger partial charge in [-0.3, -0.25) is 4.79 Å². The third-order valence-corrected chi connectivity index (χ3v) is 3.76. The van der Waals surface area contributed by atoms with Gasteiger partial charge in [0.1, 0.15) is 0 Å². The summed E-state index contributed by atoms with van der Waals surface area (Å²) in [6, 6.07) is 0. The molecule has 1 saturated heterocycles. The largest absolute Gasteiger partial charge is 0.464 e. The summed E-state index contributed by atoms with van der Waals surface area (Å²) >= 11 is 0. The molecule has 0 aromatic carbocycles. The molecule has 0 N–H and O–H groups in total. The Hall–Kier alpha value is -1.59. The van der Waals surface area contributed by atoms with E-state index >= 15 is 0 Å². The number of carbonyl (C=O) groups is 3. The third-order valence-electron chi connectivity index (χ3n) is 3.76. The van der Waals surface area contributed by atoms with E-state index in [1.54, 1.807) is 13.8 Å². The lowest BCUT2D eigenvalue weighted by Gasteiger charge is -2.36. The highest BCUT2D eigenvalue weighted by Crippen LogP contribution is 2.39. The van der Waals surface area contributed by atoms with Gasteiger partial charge in [0.15, 0.2) is 0 Å². The molecule has 1 aliphatic rings. The van der Waals surface area contributed by atoms with E-state index in [1.807, 2.05) is 6.92 Å². The van der Waals surface area contributed by atoms with Crippen LogP contribution >= 0.6 is 0 Å². The number of ether oxygens (including phenoxy) is 2. The molecule has 1 atom stereocenters. The van der Waals surface area contributed by atoms with Crippen LogP contribution in [0.3, 0.4) is 0 Å². The minimum atomic E-state index is -1.62. The molecule has 6 nitrogen and oxygen atoms in total. The van der Waals surface area contributed by atoms with Crippen molar-refractivity contribution in [3.8, 4) is 0 Å². The molecule has 0 spiro atoms. The molecule has 1 heterocycles. The summed E-state index contributed by atoms with van der Waals surface area (Å²) < 4.78 is 10.2. The predicted molar refractivity (Wildman–Crippen MR) is 71.8 cm³/mol. The number of hydrogen-bond acceptors (Lipinski definition) is 5. The Morgan fingerprint density at radius 3 is 1.95 bits per heavy atom. The minimum Gasteiger partial charge on any atom is -0.464 e. The number of amides is 1. The van der Waals surface area contributed by atoms with Crippen LogP contribution in [0.15, 0.2) is 0 Å². The molecular weight excluding hydrogens is 262 g/mol. The van der Waals surface area contributed by atoms with E-state index in [9.17, 15) is 14.4 Å². The van der Waals surface area contributed by atoms with E-state index in [4.69, 9.17) is 9.47 Å². The first kappa shape index (κ1) is 16.5. The quantitative estimate of drug-likeness (QED) is 0.559. The lowest BCUT2D eigenvalue weighted by molar-refractivity contribution is -0.179. The first-order chi connectivity index (χ1) is 9.46. The van der Waals surface area contributed by atoms with Crippen LogP contribution in [0.2, 0.25) is 0 Å². The molecule has 0 aliphatic carbocycles. The Morgan fingerprint density at radius 2 is 1.60 bits per heavy atom. The minimum absolute atomic E-state index is 0.155. The highest BCUT2D eigenvalue weighted by Gasteiger charge is 2.62. The lowest BCUT2D eigenvalue weighted by Crippen LogP contribution is -2.62. The second kappa shape index (κ2) is 6.72. The summed E-state index contributed by atoms with van der Waals surface area (Å²) in [4.78, 5) is 38.1. The Morgan fingerprint density at radius 1 is 1.10 bits per heavy atom. The molecule has 1 amide bonds. The van der Waals surface area contributed by atoms with Gasteiger partial charge in [0.05, 0.1) is 13.2 Å². The molecule has 20 heavy (non-hydrogen) atoms. The Labute approximate surface area is 119 Å². The fourth-order valence-electron chi connectivity index (χ4n) is 2.92. The fraction of sp³-hybridized carbons (Fsp3) is 0.786. The summed E-state index contributed by atoms with van der Waals surface area (Å²) in [5.41, 5.74) is -1.62. The van der Waals surface area contributed by atoms with Gasteiger partial charge in [0.25, 0.3) is 0 Å². The van der Waals surface area contributed by atoms with Crippen molar-refractivity contribution in [2.75, 3.05) is 19.8 Å². The summed E-state index contributed by atoms with van der Waals surface area (Å²) in [5, 5.41) is 0. The SMILES string of the molecule is CCOC(=O)C1(C(=O)OCC)[C@@H](CC)CCN1C(C)=O. The van der Waals surface area contributed by atoms with E-state index in [1.165, 1.54) is 11.8 Å². The van der Waals surface area contributed by atoms with Crippen LogP contribution in [0.5, 0.6) is 0 Å². The molecule has 0 radical (unpaired) electrons. The number of carbonyl (C=O) groups excluding carboxylic acids is 3. The van der Waals surface area contributed by atoms with Gasteiger partial charge in [-0.15, -0.1) is 0 Å². The van der Waals surface area contributed by atoms with Crippen LogP contribution in [0.25, 0.3) is 0 Å². The van der Waals surface area contributed by atoms with Gasteiger partial charge >= 0.3 is 11.9 Å². The molecule has 0 unspecified atom stereocenters. The maximum absolute atomic E-state index is 12.5. The molecule has 114 valence electrons. The zero-order valence-electron chi connectivity index (χ0n) is 12.6. The maximum atomic E-state index is 12.5. The Kier molecular flexibility index (Phi) is 5.53. The Balaban J connectivity index is 3.32. The second-order valence-electron chi connectivity index (χ2n) is 4.77. The van der Waals surface area contributed by atoms with Gasteiger partial charge in [-0.05, 0) is 26.7 Å². The first-order valence-electron chi connectivity index (χ1n) is 7.09. The van der Waals surface area contributed by atoms with Crippen LogP contribution in [0.1, 0.15) is 40.5 Å². The number of hydrogen-bond donors (Lipinski definition) is 0. The maximum Gasteiger partial charge on any atom is 0.344 e. The second-order valence-corrected chi connectivity index (χ2v) is 4.77. The van der Waals surface area contributed by atoms with Crippen LogP contribution < -0.4 is 0 Å². The van der Waals surface area contributed by atoms with E-state index in [0.717, 1.165) is 0 Å². The normalized spacial score (nSPS) is 20.6. The third kappa shape index (κ3) is 2.51. The predicted octanol–water partition coefficient (Wildman–Crippen LogP) is 1.13. The molecule has 1 rings (SSSR count). The van der Waals surface area contributed by atoms with E-state index in [-0.39, 0.29) is 25.0 Å². The monoisotopic (exact) mass is 285 g/mol. The fourth-order valence-corrected chi connectivity index (χ4v) is 2.92. The number of likely N-dealkylation sites (tertiary alicyclic amines) is 1. The molecule has 0 bridgehead atoms. The van der Waals surface area contributed by atoms with Crippen molar-refractivity contribution in [1.82, 2.24) is 4.90 Å². The van der Waals surface area contributed by atoms with Crippen LogP contribution in [-0.4, -0.2) is 48.0 Å². The molecule has 0 aromatic heterocycles. The van der Waals surface area contributed by atoms with E-state index in [0.29, 0.717) is 19.4 Å². The highest BCUT2D eigenvalue weighted by atomic mass is 16.6. The summed E-state index contributed by atoms with van der Waals surface area (Å²) in [5.74, 6) is -1.96. The Bertz CT molecular complexity index is 375. The van der Waals surface area contributed by atoms with Crippen molar-refractivity contribution in [3.63, 3.8) is 0 Å². The topological polar surface area (TPSA) is 72.9 Å². The zero-order valence-corrected chi connectivity index (χ0v) is 12.6. The van der Waals surface area contributed by atoms with Gasteiger partial charge in [-0.25, -0.2) is 9.59 Å². The standard InChI is InChI=1S/C14H23NO5/c1-5-11-8-9-15(10(4)16)14(11,12(17)19-6-2)13(18)20-7-3/h11H,5-9H2,1-4H3/t11-/m0/s1. The average Bonchev–Trinajstić information content (AvgIpc) is 2.79. The first-order valence-corrected chi connectivity index (χ1v) is 7.09.